The summed E-state index contributed by atoms with van der Waals surface area (Å²) in [6, 6.07) is 0. The van der Waals surface area contributed by atoms with Crippen molar-refractivity contribution in [3.63, 3.8) is 0 Å². The van der Waals surface area contributed by atoms with Crippen molar-refractivity contribution in [3.8, 4) is 0 Å². The molecule has 0 aliphatic heterocycles. The maximum Gasteiger partial charge on any atom is 0.329 e. The van der Waals surface area contributed by atoms with Crippen LogP contribution in [0.15, 0.2) is 15.0 Å². The molecule has 7 heteroatoms. The maximum atomic E-state index is 12.3. The third-order valence-corrected chi connectivity index (χ3v) is 3.62. The van der Waals surface area contributed by atoms with Crippen molar-refractivity contribution < 1.29 is 9.53 Å². The minimum absolute atomic E-state index is 0.392. The highest BCUT2D eigenvalue weighted by molar-refractivity contribution is 7.16. The lowest BCUT2D eigenvalue weighted by Crippen LogP contribution is -2.39. The predicted molar refractivity (Wildman–Crippen MR) is 77.3 cm³/mol. The fourth-order valence-corrected chi connectivity index (χ4v) is 2.77. The highest BCUT2D eigenvalue weighted by Gasteiger charge is 2.19. The topological polar surface area (TPSA) is 81.2 Å². The molecule has 0 spiro atoms. The summed E-state index contributed by atoms with van der Waals surface area (Å²) in [7, 11) is 0. The van der Waals surface area contributed by atoms with Gasteiger partial charge in [-0.05, 0) is 38.6 Å². The van der Waals surface area contributed by atoms with E-state index in [9.17, 15) is 14.4 Å². The minimum Gasteiger partial charge on any atom is -0.459 e. The van der Waals surface area contributed by atoms with Gasteiger partial charge in [0.25, 0.3) is 5.56 Å². The fraction of sp³-hybridized carbons (Fsp3) is 0.462. The summed E-state index contributed by atoms with van der Waals surface area (Å²) >= 11 is 1.29. The van der Waals surface area contributed by atoms with Gasteiger partial charge in [0.05, 0.1) is 5.39 Å². The quantitative estimate of drug-likeness (QED) is 0.849. The van der Waals surface area contributed by atoms with E-state index in [1.165, 1.54) is 11.3 Å². The minimum atomic E-state index is -0.657. The molecule has 0 amide bonds. The second-order valence-electron chi connectivity index (χ2n) is 5.53. The van der Waals surface area contributed by atoms with E-state index in [0.29, 0.717) is 10.2 Å². The number of aromatic amines is 1. The molecule has 2 rings (SSSR count). The molecule has 2 heterocycles. The van der Waals surface area contributed by atoms with Crippen LogP contribution >= 0.6 is 11.3 Å². The number of aromatic nitrogens is 2. The number of nitrogens with one attached hydrogen (secondary N) is 1. The van der Waals surface area contributed by atoms with Crippen LogP contribution in [0.3, 0.4) is 0 Å². The molecular weight excluding hydrogens is 280 g/mol. The molecule has 0 unspecified atom stereocenters. The summed E-state index contributed by atoms with van der Waals surface area (Å²) in [6.45, 7) is 6.57. The van der Waals surface area contributed by atoms with Crippen LogP contribution in [0.2, 0.25) is 0 Å². The molecule has 0 radical (unpaired) electrons. The van der Waals surface area contributed by atoms with Gasteiger partial charge >= 0.3 is 11.7 Å². The Kier molecular flexibility index (Phi) is 3.56. The Balaban J connectivity index is 2.45. The van der Waals surface area contributed by atoms with Gasteiger partial charge in [0.15, 0.2) is 0 Å². The van der Waals surface area contributed by atoms with Crippen LogP contribution in [-0.2, 0) is 16.1 Å². The molecule has 0 aliphatic carbocycles. The van der Waals surface area contributed by atoms with Gasteiger partial charge in [0, 0.05) is 0 Å². The summed E-state index contributed by atoms with van der Waals surface area (Å²) in [6.07, 6.45) is 0. The van der Waals surface area contributed by atoms with Crippen LogP contribution in [0.4, 0.5) is 0 Å². The van der Waals surface area contributed by atoms with Crippen molar-refractivity contribution in [3.05, 3.63) is 31.8 Å². The van der Waals surface area contributed by atoms with Crippen LogP contribution in [-0.4, -0.2) is 21.1 Å². The number of aryl methyl sites for hydroxylation is 1. The Morgan fingerprint density at radius 3 is 2.65 bits per heavy atom. The zero-order valence-corrected chi connectivity index (χ0v) is 12.6. The summed E-state index contributed by atoms with van der Waals surface area (Å²) in [5, 5.41) is 2.23. The van der Waals surface area contributed by atoms with Crippen molar-refractivity contribution in [1.29, 1.82) is 0 Å². The standard InChI is InChI=1S/C13H16N2O4S/c1-7-6-20-10-9(7)11(17)15(12(18)14-10)5-8(16)19-13(2,3)4/h6H,5H2,1-4H3,(H,14,18). The van der Waals surface area contributed by atoms with Crippen molar-refractivity contribution in [2.75, 3.05) is 0 Å². The van der Waals surface area contributed by atoms with Crippen molar-refractivity contribution >= 4 is 27.5 Å². The average molecular weight is 296 g/mol. The normalized spacial score (nSPS) is 11.8. The van der Waals surface area contributed by atoms with E-state index in [4.69, 9.17) is 4.74 Å². The number of H-pyrrole nitrogens is 1. The van der Waals surface area contributed by atoms with Crippen molar-refractivity contribution in [2.24, 2.45) is 0 Å². The molecule has 0 bridgehead atoms. The number of carbonyl (C=O) groups excluding carboxylic acids is 1. The Morgan fingerprint density at radius 1 is 1.40 bits per heavy atom. The van der Waals surface area contributed by atoms with Gasteiger partial charge < -0.3 is 4.74 Å². The van der Waals surface area contributed by atoms with E-state index in [1.54, 1.807) is 33.1 Å². The zero-order valence-electron chi connectivity index (χ0n) is 11.8. The Morgan fingerprint density at radius 2 is 2.05 bits per heavy atom. The van der Waals surface area contributed by atoms with E-state index in [-0.39, 0.29) is 0 Å². The summed E-state index contributed by atoms with van der Waals surface area (Å²) in [5.41, 5.74) is -0.941. The third kappa shape index (κ3) is 2.82. The number of esters is 1. The van der Waals surface area contributed by atoms with Crippen molar-refractivity contribution in [1.82, 2.24) is 9.55 Å². The van der Waals surface area contributed by atoms with Gasteiger partial charge in [-0.2, -0.15) is 0 Å². The molecule has 0 saturated heterocycles. The van der Waals surface area contributed by atoms with E-state index in [1.807, 2.05) is 0 Å². The number of rotatable bonds is 2. The smallest absolute Gasteiger partial charge is 0.329 e. The molecule has 0 saturated carbocycles. The van der Waals surface area contributed by atoms with Gasteiger partial charge in [-0.1, -0.05) is 0 Å². The van der Waals surface area contributed by atoms with E-state index in [2.05, 4.69) is 4.98 Å². The van der Waals surface area contributed by atoms with E-state index >= 15 is 0 Å². The highest BCUT2D eigenvalue weighted by Crippen LogP contribution is 2.18. The van der Waals surface area contributed by atoms with Gasteiger partial charge in [0.1, 0.15) is 17.0 Å². The van der Waals surface area contributed by atoms with Crippen LogP contribution in [0.1, 0.15) is 26.3 Å². The van der Waals surface area contributed by atoms with Crippen molar-refractivity contribution in [2.45, 2.75) is 39.8 Å². The van der Waals surface area contributed by atoms with Crippen LogP contribution in [0, 0.1) is 6.92 Å². The summed E-state index contributed by atoms with van der Waals surface area (Å²) in [4.78, 5) is 39.0. The fourth-order valence-electron chi connectivity index (χ4n) is 1.84. The zero-order chi connectivity index (χ0) is 15.1. The second-order valence-corrected chi connectivity index (χ2v) is 6.41. The molecule has 1 N–H and O–H groups in total. The number of carbonyl (C=O) groups is 1. The summed E-state index contributed by atoms with van der Waals surface area (Å²) in [5.74, 6) is -0.614. The van der Waals surface area contributed by atoms with Gasteiger partial charge in [-0.15, -0.1) is 11.3 Å². The molecule has 108 valence electrons. The number of ether oxygens (including phenoxy) is 1. The van der Waals surface area contributed by atoms with E-state index < -0.39 is 29.4 Å². The molecule has 0 atom stereocenters. The Bertz CT molecular complexity index is 776. The first-order valence-electron chi connectivity index (χ1n) is 6.12. The predicted octanol–water partition coefficient (Wildman–Crippen LogP) is 1.40. The Labute approximate surface area is 119 Å². The lowest BCUT2D eigenvalue weighted by atomic mass is 10.2. The molecule has 0 fully saturated rings. The first-order chi connectivity index (χ1) is 9.19. The Hall–Kier alpha value is -1.89. The van der Waals surface area contributed by atoms with Gasteiger partial charge in [0.2, 0.25) is 0 Å². The molecular formula is C13H16N2O4S. The first-order valence-corrected chi connectivity index (χ1v) is 7.00. The van der Waals surface area contributed by atoms with Crippen LogP contribution in [0.25, 0.3) is 10.2 Å². The first kappa shape index (κ1) is 14.5. The average Bonchev–Trinajstić information content (AvgIpc) is 2.63. The maximum absolute atomic E-state index is 12.3. The molecule has 0 aliphatic rings. The number of nitrogens with zero attached hydrogens (tertiary/aromatic N) is 1. The SMILES string of the molecule is Cc1csc2[nH]c(=O)n(CC(=O)OC(C)(C)C)c(=O)c12. The molecule has 6 nitrogen and oxygen atoms in total. The van der Waals surface area contributed by atoms with E-state index in [0.717, 1.165) is 10.1 Å². The number of thiophene rings is 1. The molecule has 20 heavy (non-hydrogen) atoms. The third-order valence-electron chi connectivity index (χ3n) is 2.61. The number of hydrogen-bond donors (Lipinski definition) is 1. The molecule has 2 aromatic heterocycles. The van der Waals surface area contributed by atoms with Crippen LogP contribution in [0.5, 0.6) is 0 Å². The van der Waals surface area contributed by atoms with Crippen LogP contribution < -0.4 is 11.2 Å². The lowest BCUT2D eigenvalue weighted by Gasteiger charge is -2.19. The molecule has 2 aromatic rings. The second kappa shape index (κ2) is 4.90. The number of fused-ring (bicyclic) bond motifs is 1. The largest absolute Gasteiger partial charge is 0.459 e. The lowest BCUT2D eigenvalue weighted by molar-refractivity contribution is -0.155. The summed E-state index contributed by atoms with van der Waals surface area (Å²) < 4.78 is 6.00. The van der Waals surface area contributed by atoms with Gasteiger partial charge in [-0.25, -0.2) is 9.36 Å². The number of hydrogen-bond acceptors (Lipinski definition) is 5. The highest BCUT2D eigenvalue weighted by atomic mass is 32.1. The molecule has 0 aromatic carbocycles. The van der Waals surface area contributed by atoms with Gasteiger partial charge in [-0.3, -0.25) is 14.6 Å². The monoisotopic (exact) mass is 296 g/mol.